The minimum atomic E-state index is 0.0405. The van der Waals surface area contributed by atoms with Crippen molar-refractivity contribution in [2.45, 2.75) is 20.3 Å². The first kappa shape index (κ1) is 15.4. The molecule has 1 amide bonds. The van der Waals surface area contributed by atoms with Crippen molar-refractivity contribution in [1.82, 2.24) is 5.32 Å². The van der Waals surface area contributed by atoms with Gasteiger partial charge in [0.15, 0.2) is 0 Å². The molecule has 4 heteroatoms. The summed E-state index contributed by atoms with van der Waals surface area (Å²) in [5.74, 6) is 0.412. The zero-order valence-corrected chi connectivity index (χ0v) is 10.4. The molecule has 0 unspecified atom stereocenters. The van der Waals surface area contributed by atoms with E-state index in [2.05, 4.69) is 5.32 Å². The Kier molecular flexibility index (Phi) is 8.78. The number of aliphatic hydroxyl groups excluding tert-OH is 1. The molecule has 1 aromatic carbocycles. The van der Waals surface area contributed by atoms with Crippen LogP contribution in [-0.2, 0) is 4.79 Å². The van der Waals surface area contributed by atoms with Gasteiger partial charge >= 0.3 is 0 Å². The number of aliphatic hydroxyl groups is 1. The molecular formula is C13H21NO3. The number of para-hydroxylation sites is 1. The molecule has 0 atom stereocenters. The van der Waals surface area contributed by atoms with E-state index in [1.807, 2.05) is 19.9 Å². The first-order chi connectivity index (χ1) is 8.07. The fraction of sp³-hybridized carbons (Fsp3) is 0.462. The lowest BCUT2D eigenvalue weighted by atomic mass is 10.2. The Morgan fingerprint density at radius 3 is 2.24 bits per heavy atom. The molecule has 0 aliphatic heterocycles. The summed E-state index contributed by atoms with van der Waals surface area (Å²) in [6.45, 7) is 4.40. The van der Waals surface area contributed by atoms with Crippen LogP contribution in [0.1, 0.15) is 20.3 Å². The third kappa shape index (κ3) is 9.38. The molecule has 0 saturated heterocycles. The SMILES string of the molecule is CC(C)C(=O)NCCCO.Oc1ccccc1. The second-order valence-electron chi connectivity index (χ2n) is 3.86. The number of carbonyl (C=O) groups is 1. The summed E-state index contributed by atoms with van der Waals surface area (Å²) in [5.41, 5.74) is 0. The molecule has 0 spiro atoms. The first-order valence-corrected chi connectivity index (χ1v) is 5.70. The summed E-state index contributed by atoms with van der Waals surface area (Å²) in [4.78, 5) is 10.8. The average molecular weight is 239 g/mol. The second kappa shape index (κ2) is 9.66. The number of nitrogens with one attached hydrogen (secondary N) is 1. The predicted octanol–water partition coefficient (Wildman–Crippen LogP) is 1.53. The van der Waals surface area contributed by atoms with E-state index in [4.69, 9.17) is 10.2 Å². The number of hydrogen-bond acceptors (Lipinski definition) is 3. The topological polar surface area (TPSA) is 69.6 Å². The highest BCUT2D eigenvalue weighted by atomic mass is 16.3. The number of aromatic hydroxyl groups is 1. The van der Waals surface area contributed by atoms with Crippen LogP contribution in [0.3, 0.4) is 0 Å². The van der Waals surface area contributed by atoms with Crippen molar-refractivity contribution in [3.05, 3.63) is 30.3 Å². The van der Waals surface area contributed by atoms with E-state index < -0.39 is 0 Å². The molecule has 3 N–H and O–H groups in total. The van der Waals surface area contributed by atoms with Crippen LogP contribution in [0.15, 0.2) is 30.3 Å². The molecular weight excluding hydrogens is 218 g/mol. The quantitative estimate of drug-likeness (QED) is 0.698. The van der Waals surface area contributed by atoms with Crippen molar-refractivity contribution in [2.24, 2.45) is 5.92 Å². The Morgan fingerprint density at radius 1 is 1.29 bits per heavy atom. The normalized spacial score (nSPS) is 9.41. The number of phenolic OH excluding ortho intramolecular Hbond substituents is 1. The van der Waals surface area contributed by atoms with Gasteiger partial charge in [0.05, 0.1) is 0 Å². The smallest absolute Gasteiger partial charge is 0.222 e. The zero-order valence-electron chi connectivity index (χ0n) is 10.4. The fourth-order valence-corrected chi connectivity index (χ4v) is 0.923. The van der Waals surface area contributed by atoms with Crippen molar-refractivity contribution in [3.63, 3.8) is 0 Å². The monoisotopic (exact) mass is 239 g/mol. The maximum absolute atomic E-state index is 10.8. The number of rotatable bonds is 4. The lowest BCUT2D eigenvalue weighted by molar-refractivity contribution is -0.123. The Hall–Kier alpha value is -1.55. The molecule has 0 aliphatic carbocycles. The number of benzene rings is 1. The molecule has 0 bridgehead atoms. The van der Waals surface area contributed by atoms with Crippen LogP contribution in [0, 0.1) is 5.92 Å². The van der Waals surface area contributed by atoms with Gasteiger partial charge in [0.1, 0.15) is 5.75 Å². The summed E-state index contributed by atoms with van der Waals surface area (Å²) < 4.78 is 0. The van der Waals surface area contributed by atoms with Gasteiger partial charge < -0.3 is 15.5 Å². The van der Waals surface area contributed by atoms with Gasteiger partial charge in [-0.15, -0.1) is 0 Å². The summed E-state index contributed by atoms with van der Waals surface area (Å²) in [6, 6.07) is 8.71. The largest absolute Gasteiger partial charge is 0.508 e. The molecule has 0 aliphatic rings. The minimum Gasteiger partial charge on any atom is -0.508 e. The lowest BCUT2D eigenvalue weighted by Gasteiger charge is -2.05. The fourth-order valence-electron chi connectivity index (χ4n) is 0.923. The van der Waals surface area contributed by atoms with E-state index in [1.165, 1.54) is 0 Å². The lowest BCUT2D eigenvalue weighted by Crippen LogP contribution is -2.28. The highest BCUT2D eigenvalue weighted by Gasteiger charge is 2.03. The van der Waals surface area contributed by atoms with Crippen LogP contribution >= 0.6 is 0 Å². The molecule has 0 saturated carbocycles. The van der Waals surface area contributed by atoms with Gasteiger partial charge in [0.25, 0.3) is 0 Å². The van der Waals surface area contributed by atoms with Crippen molar-refractivity contribution in [2.75, 3.05) is 13.2 Å². The highest BCUT2D eigenvalue weighted by Crippen LogP contribution is 2.02. The van der Waals surface area contributed by atoms with E-state index in [0.717, 1.165) is 0 Å². The van der Waals surface area contributed by atoms with E-state index in [9.17, 15) is 4.79 Å². The molecule has 96 valence electrons. The number of phenols is 1. The molecule has 0 fully saturated rings. The van der Waals surface area contributed by atoms with Gasteiger partial charge in [-0.1, -0.05) is 32.0 Å². The molecule has 0 aromatic heterocycles. The molecule has 1 aromatic rings. The van der Waals surface area contributed by atoms with Crippen molar-refractivity contribution < 1.29 is 15.0 Å². The Balaban J connectivity index is 0.000000318. The molecule has 17 heavy (non-hydrogen) atoms. The van der Waals surface area contributed by atoms with Gasteiger partial charge in [-0.25, -0.2) is 0 Å². The average Bonchev–Trinajstić information content (AvgIpc) is 2.31. The van der Waals surface area contributed by atoms with Crippen LogP contribution in [-0.4, -0.2) is 29.3 Å². The number of hydrogen-bond donors (Lipinski definition) is 3. The zero-order chi connectivity index (χ0) is 13.1. The standard InChI is InChI=1S/C7H15NO2.C6H6O/c1-6(2)7(10)8-4-3-5-9;7-6-4-2-1-3-5-6/h6,9H,3-5H2,1-2H3,(H,8,10);1-5,7H. The number of amides is 1. The Labute approximate surface area is 102 Å². The van der Waals surface area contributed by atoms with E-state index in [-0.39, 0.29) is 18.4 Å². The van der Waals surface area contributed by atoms with Gasteiger partial charge in [0, 0.05) is 19.1 Å². The van der Waals surface area contributed by atoms with Gasteiger partial charge in [-0.2, -0.15) is 0 Å². The summed E-state index contributed by atoms with van der Waals surface area (Å²) >= 11 is 0. The Bertz CT molecular complexity index is 299. The molecule has 0 heterocycles. The molecule has 1 rings (SSSR count). The predicted molar refractivity (Wildman–Crippen MR) is 67.7 cm³/mol. The second-order valence-corrected chi connectivity index (χ2v) is 3.86. The van der Waals surface area contributed by atoms with Gasteiger partial charge in [-0.3, -0.25) is 4.79 Å². The van der Waals surface area contributed by atoms with Crippen molar-refractivity contribution in [1.29, 1.82) is 0 Å². The number of carbonyl (C=O) groups excluding carboxylic acids is 1. The van der Waals surface area contributed by atoms with E-state index >= 15 is 0 Å². The highest BCUT2D eigenvalue weighted by molar-refractivity contribution is 5.77. The van der Waals surface area contributed by atoms with E-state index in [1.54, 1.807) is 24.3 Å². The summed E-state index contributed by atoms with van der Waals surface area (Å²) in [7, 11) is 0. The van der Waals surface area contributed by atoms with Crippen LogP contribution in [0.25, 0.3) is 0 Å². The van der Waals surface area contributed by atoms with Crippen molar-refractivity contribution >= 4 is 5.91 Å². The maximum Gasteiger partial charge on any atom is 0.222 e. The third-order valence-corrected chi connectivity index (χ3v) is 1.91. The van der Waals surface area contributed by atoms with E-state index in [0.29, 0.717) is 18.7 Å². The summed E-state index contributed by atoms with van der Waals surface area (Å²) in [6.07, 6.45) is 0.637. The van der Waals surface area contributed by atoms with Crippen LogP contribution in [0.5, 0.6) is 5.75 Å². The summed E-state index contributed by atoms with van der Waals surface area (Å²) in [5, 5.41) is 19.7. The molecule has 0 radical (unpaired) electrons. The van der Waals surface area contributed by atoms with Crippen LogP contribution in [0.2, 0.25) is 0 Å². The van der Waals surface area contributed by atoms with Crippen LogP contribution < -0.4 is 5.32 Å². The molecule has 4 nitrogen and oxygen atoms in total. The third-order valence-electron chi connectivity index (χ3n) is 1.91. The van der Waals surface area contributed by atoms with Crippen molar-refractivity contribution in [3.8, 4) is 5.75 Å². The Morgan fingerprint density at radius 2 is 1.88 bits per heavy atom. The van der Waals surface area contributed by atoms with Crippen LogP contribution in [0.4, 0.5) is 0 Å². The first-order valence-electron chi connectivity index (χ1n) is 5.70. The van der Waals surface area contributed by atoms with Gasteiger partial charge in [-0.05, 0) is 18.6 Å². The minimum absolute atomic E-state index is 0.0405. The van der Waals surface area contributed by atoms with Gasteiger partial charge in [0.2, 0.25) is 5.91 Å². The maximum atomic E-state index is 10.8.